The molecular weight excluding hydrogens is 272 g/mol. The molecule has 0 atom stereocenters. The van der Waals surface area contributed by atoms with Gasteiger partial charge in [0.1, 0.15) is 0 Å². The van der Waals surface area contributed by atoms with Crippen molar-refractivity contribution in [1.29, 1.82) is 0 Å². The quantitative estimate of drug-likeness (QED) is 0.645. The van der Waals surface area contributed by atoms with Crippen LogP contribution in [-0.4, -0.2) is 32.9 Å². The molecule has 1 fully saturated rings. The fourth-order valence-electron chi connectivity index (χ4n) is 2.01. The molecule has 1 aliphatic rings. The van der Waals surface area contributed by atoms with E-state index in [1.807, 2.05) is 6.92 Å². The molecule has 0 saturated heterocycles. The summed E-state index contributed by atoms with van der Waals surface area (Å²) < 4.78 is 15.7. The standard InChI is InChI=1S/C15H20N2O4/c1-9(10-5-6-10)16-17-15(18)11-7-12(19-2)14(21-4)13(8-11)20-3/h7-8,10H,5-6H2,1-4H3,(H,17,18)/b16-9-. The van der Waals surface area contributed by atoms with Crippen molar-refractivity contribution in [3.05, 3.63) is 17.7 Å². The maximum atomic E-state index is 12.2. The summed E-state index contributed by atoms with van der Waals surface area (Å²) in [7, 11) is 4.53. The van der Waals surface area contributed by atoms with Crippen molar-refractivity contribution in [1.82, 2.24) is 5.43 Å². The first-order chi connectivity index (χ1) is 10.1. The zero-order valence-corrected chi connectivity index (χ0v) is 12.7. The average molecular weight is 292 g/mol. The van der Waals surface area contributed by atoms with Gasteiger partial charge < -0.3 is 14.2 Å². The van der Waals surface area contributed by atoms with E-state index >= 15 is 0 Å². The minimum Gasteiger partial charge on any atom is -0.493 e. The second kappa shape index (κ2) is 6.47. The van der Waals surface area contributed by atoms with Crippen molar-refractivity contribution in [2.75, 3.05) is 21.3 Å². The first kappa shape index (κ1) is 15.2. The lowest BCUT2D eigenvalue weighted by Crippen LogP contribution is -2.19. The van der Waals surface area contributed by atoms with Crippen LogP contribution in [-0.2, 0) is 0 Å². The smallest absolute Gasteiger partial charge is 0.271 e. The van der Waals surface area contributed by atoms with Crippen LogP contribution in [0.15, 0.2) is 17.2 Å². The molecule has 0 aromatic heterocycles. The lowest BCUT2D eigenvalue weighted by molar-refractivity contribution is 0.0954. The fraction of sp³-hybridized carbons (Fsp3) is 0.467. The number of carbonyl (C=O) groups is 1. The van der Waals surface area contributed by atoms with E-state index in [2.05, 4.69) is 10.5 Å². The summed E-state index contributed by atoms with van der Waals surface area (Å²) in [4.78, 5) is 12.2. The Morgan fingerprint density at radius 2 is 1.71 bits per heavy atom. The third-order valence-electron chi connectivity index (χ3n) is 3.43. The van der Waals surface area contributed by atoms with Crippen LogP contribution in [0.25, 0.3) is 0 Å². The van der Waals surface area contributed by atoms with E-state index in [0.29, 0.717) is 28.7 Å². The molecule has 1 aromatic rings. The first-order valence-electron chi connectivity index (χ1n) is 6.75. The van der Waals surface area contributed by atoms with E-state index in [9.17, 15) is 4.79 Å². The molecule has 1 saturated carbocycles. The molecule has 1 N–H and O–H groups in total. The molecule has 1 amide bonds. The molecule has 1 aliphatic carbocycles. The second-order valence-electron chi connectivity index (χ2n) is 4.88. The number of rotatable bonds is 6. The van der Waals surface area contributed by atoms with Crippen LogP contribution in [0.2, 0.25) is 0 Å². The SMILES string of the molecule is COc1cc(C(=O)N/N=C(/C)C2CC2)cc(OC)c1OC. The van der Waals surface area contributed by atoms with Crippen molar-refractivity contribution in [3.63, 3.8) is 0 Å². The fourth-order valence-corrected chi connectivity index (χ4v) is 2.01. The highest BCUT2D eigenvalue weighted by Crippen LogP contribution is 2.38. The zero-order valence-electron chi connectivity index (χ0n) is 12.7. The molecule has 0 aliphatic heterocycles. The van der Waals surface area contributed by atoms with Gasteiger partial charge in [0.15, 0.2) is 11.5 Å². The molecule has 0 unspecified atom stereocenters. The van der Waals surface area contributed by atoms with Gasteiger partial charge in [-0.2, -0.15) is 5.10 Å². The molecule has 0 radical (unpaired) electrons. The molecule has 6 heteroatoms. The van der Waals surface area contributed by atoms with E-state index < -0.39 is 0 Å². The van der Waals surface area contributed by atoms with Gasteiger partial charge in [-0.25, -0.2) is 5.43 Å². The number of carbonyl (C=O) groups excluding carboxylic acids is 1. The van der Waals surface area contributed by atoms with E-state index in [1.54, 1.807) is 12.1 Å². The van der Waals surface area contributed by atoms with Crippen LogP contribution in [0, 0.1) is 5.92 Å². The third kappa shape index (κ3) is 3.45. The van der Waals surface area contributed by atoms with Crippen molar-refractivity contribution >= 4 is 11.6 Å². The van der Waals surface area contributed by atoms with Gasteiger partial charge in [-0.3, -0.25) is 4.79 Å². The van der Waals surface area contributed by atoms with Gasteiger partial charge in [-0.15, -0.1) is 0 Å². The Kier molecular flexibility index (Phi) is 4.67. The zero-order chi connectivity index (χ0) is 15.4. The predicted molar refractivity (Wildman–Crippen MR) is 79.4 cm³/mol. The predicted octanol–water partition coefficient (Wildman–Crippen LogP) is 2.23. The molecule has 6 nitrogen and oxygen atoms in total. The van der Waals surface area contributed by atoms with Crippen LogP contribution >= 0.6 is 0 Å². The van der Waals surface area contributed by atoms with E-state index in [-0.39, 0.29) is 5.91 Å². The van der Waals surface area contributed by atoms with E-state index in [4.69, 9.17) is 14.2 Å². The number of benzene rings is 1. The van der Waals surface area contributed by atoms with Gasteiger partial charge in [0, 0.05) is 11.3 Å². The maximum absolute atomic E-state index is 12.2. The minimum absolute atomic E-state index is 0.311. The average Bonchev–Trinajstić information content (AvgIpc) is 3.35. The summed E-state index contributed by atoms with van der Waals surface area (Å²) in [6, 6.07) is 3.19. The lowest BCUT2D eigenvalue weighted by atomic mass is 10.1. The second-order valence-corrected chi connectivity index (χ2v) is 4.88. The summed E-state index contributed by atoms with van der Waals surface area (Å²) in [6.07, 6.45) is 2.30. The molecule has 114 valence electrons. The Hall–Kier alpha value is -2.24. The van der Waals surface area contributed by atoms with Crippen LogP contribution < -0.4 is 19.6 Å². The third-order valence-corrected chi connectivity index (χ3v) is 3.43. The topological polar surface area (TPSA) is 69.2 Å². The monoisotopic (exact) mass is 292 g/mol. The Morgan fingerprint density at radius 3 is 2.14 bits per heavy atom. The van der Waals surface area contributed by atoms with Crippen molar-refractivity contribution < 1.29 is 19.0 Å². The highest BCUT2D eigenvalue weighted by atomic mass is 16.5. The number of hydrazone groups is 1. The molecule has 2 rings (SSSR count). The molecule has 0 bridgehead atoms. The normalized spacial score (nSPS) is 14.6. The van der Waals surface area contributed by atoms with Gasteiger partial charge in [0.25, 0.3) is 5.91 Å². The van der Waals surface area contributed by atoms with Gasteiger partial charge in [-0.05, 0) is 37.8 Å². The number of ether oxygens (including phenoxy) is 3. The van der Waals surface area contributed by atoms with Crippen molar-refractivity contribution in [3.8, 4) is 17.2 Å². The molecule has 21 heavy (non-hydrogen) atoms. The van der Waals surface area contributed by atoms with Crippen LogP contribution in [0.3, 0.4) is 0 Å². The largest absolute Gasteiger partial charge is 0.493 e. The van der Waals surface area contributed by atoms with E-state index in [1.165, 1.54) is 21.3 Å². The van der Waals surface area contributed by atoms with Crippen molar-refractivity contribution in [2.24, 2.45) is 11.0 Å². The summed E-state index contributed by atoms with van der Waals surface area (Å²) in [5, 5.41) is 4.12. The number of hydrogen-bond donors (Lipinski definition) is 1. The Morgan fingerprint density at radius 1 is 1.14 bits per heavy atom. The Labute approximate surface area is 124 Å². The lowest BCUT2D eigenvalue weighted by Gasteiger charge is -2.13. The van der Waals surface area contributed by atoms with Gasteiger partial charge in [0.05, 0.1) is 21.3 Å². The Balaban J connectivity index is 2.22. The minimum atomic E-state index is -0.311. The summed E-state index contributed by atoms with van der Waals surface area (Å²) in [5.74, 6) is 1.53. The maximum Gasteiger partial charge on any atom is 0.271 e. The van der Waals surface area contributed by atoms with Crippen molar-refractivity contribution in [2.45, 2.75) is 19.8 Å². The number of nitrogens with zero attached hydrogens (tertiary/aromatic N) is 1. The Bertz CT molecular complexity index is 540. The number of nitrogens with one attached hydrogen (secondary N) is 1. The number of hydrogen-bond acceptors (Lipinski definition) is 5. The van der Waals surface area contributed by atoms with E-state index in [0.717, 1.165) is 18.6 Å². The van der Waals surface area contributed by atoms with Crippen LogP contribution in [0.1, 0.15) is 30.1 Å². The van der Waals surface area contributed by atoms with Gasteiger partial charge >= 0.3 is 0 Å². The number of amides is 1. The molecule has 0 spiro atoms. The molecule has 1 aromatic carbocycles. The molecular formula is C15H20N2O4. The first-order valence-corrected chi connectivity index (χ1v) is 6.75. The van der Waals surface area contributed by atoms with Gasteiger partial charge in [-0.1, -0.05) is 0 Å². The van der Waals surface area contributed by atoms with Crippen LogP contribution in [0.4, 0.5) is 0 Å². The molecule has 0 heterocycles. The van der Waals surface area contributed by atoms with Gasteiger partial charge in [0.2, 0.25) is 5.75 Å². The summed E-state index contributed by atoms with van der Waals surface area (Å²) >= 11 is 0. The highest BCUT2D eigenvalue weighted by Gasteiger charge is 2.24. The van der Waals surface area contributed by atoms with Crippen LogP contribution in [0.5, 0.6) is 17.2 Å². The highest BCUT2D eigenvalue weighted by molar-refractivity contribution is 5.97. The summed E-state index contributed by atoms with van der Waals surface area (Å²) in [6.45, 7) is 1.92. The summed E-state index contributed by atoms with van der Waals surface area (Å²) in [5.41, 5.74) is 3.91. The number of methoxy groups -OCH3 is 3.